The summed E-state index contributed by atoms with van der Waals surface area (Å²) in [4.78, 5) is 25.1. The van der Waals surface area contributed by atoms with Crippen LogP contribution in [0.4, 0.5) is 19.0 Å². The Kier molecular flexibility index (Phi) is 7.40. The van der Waals surface area contributed by atoms with E-state index in [1.54, 1.807) is 33.4 Å². The Morgan fingerprint density at radius 1 is 0.925 bits per heavy atom. The van der Waals surface area contributed by atoms with Gasteiger partial charge in [0.25, 0.3) is 0 Å². The maximum atomic E-state index is 12.8. The average molecular weight is 549 g/mol. The Hall–Kier alpha value is -4.14. The first kappa shape index (κ1) is 27.4. The number of para-hydroxylation sites is 1. The number of hydrogen-bond donors (Lipinski definition) is 0. The number of carbonyl (C=O) groups excluding carboxylic acids is 1. The largest absolute Gasteiger partial charge is 0.495 e. The summed E-state index contributed by atoms with van der Waals surface area (Å²) in [6, 6.07) is 17.4. The number of carbonyl (C=O) groups is 1. The first-order valence-electron chi connectivity index (χ1n) is 13.2. The summed E-state index contributed by atoms with van der Waals surface area (Å²) in [7, 11) is 1.64. The van der Waals surface area contributed by atoms with Crippen LogP contribution >= 0.6 is 0 Å². The van der Waals surface area contributed by atoms with Gasteiger partial charge in [0.15, 0.2) is 0 Å². The molecule has 40 heavy (non-hydrogen) atoms. The molecule has 2 aromatic heterocycles. The average Bonchev–Trinajstić information content (AvgIpc) is 2.91. The smallest absolute Gasteiger partial charge is 0.397 e. The maximum Gasteiger partial charge on any atom is 0.397 e. The Labute approximate surface area is 231 Å². The molecule has 1 aliphatic rings. The molecule has 0 saturated carbocycles. The molecule has 5 rings (SSSR count). The summed E-state index contributed by atoms with van der Waals surface area (Å²) in [6.45, 7) is 6.37. The topological polar surface area (TPSA) is 58.6 Å². The first-order chi connectivity index (χ1) is 19.1. The van der Waals surface area contributed by atoms with Gasteiger partial charge in [-0.05, 0) is 44.5 Å². The van der Waals surface area contributed by atoms with Crippen molar-refractivity contribution in [3.8, 4) is 28.0 Å². The van der Waals surface area contributed by atoms with Crippen LogP contribution in [0.1, 0.15) is 25.8 Å². The molecule has 0 aliphatic carbocycles. The van der Waals surface area contributed by atoms with Gasteiger partial charge in [-0.15, -0.1) is 0 Å². The fraction of sp³-hybridized carbons (Fsp3) is 0.323. The lowest BCUT2D eigenvalue weighted by Gasteiger charge is -2.45. The molecule has 3 heterocycles. The molecule has 1 fully saturated rings. The normalized spacial score (nSPS) is 17.8. The molecule has 2 aromatic carbocycles. The van der Waals surface area contributed by atoms with Gasteiger partial charge < -0.3 is 14.5 Å². The lowest BCUT2D eigenvalue weighted by Crippen LogP contribution is -2.59. The van der Waals surface area contributed by atoms with E-state index >= 15 is 0 Å². The number of halogens is 3. The molecule has 0 bridgehead atoms. The number of amides is 1. The predicted molar refractivity (Wildman–Crippen MR) is 150 cm³/mol. The number of alkyl halides is 3. The fourth-order valence-corrected chi connectivity index (χ4v) is 5.59. The number of aromatic nitrogens is 2. The van der Waals surface area contributed by atoms with Crippen molar-refractivity contribution in [2.24, 2.45) is 0 Å². The van der Waals surface area contributed by atoms with E-state index in [-0.39, 0.29) is 12.1 Å². The van der Waals surface area contributed by atoms with Crippen LogP contribution in [0.15, 0.2) is 67.0 Å². The molecule has 9 heteroatoms. The third kappa shape index (κ3) is 5.46. The monoisotopic (exact) mass is 548 g/mol. The number of anilines is 1. The van der Waals surface area contributed by atoms with E-state index in [2.05, 4.69) is 36.2 Å². The Bertz CT molecular complexity index is 1510. The zero-order chi connectivity index (χ0) is 28.6. The lowest BCUT2D eigenvalue weighted by atomic mass is 9.98. The zero-order valence-electron chi connectivity index (χ0n) is 22.9. The number of piperazine rings is 1. The first-order valence-corrected chi connectivity index (χ1v) is 13.2. The van der Waals surface area contributed by atoms with Gasteiger partial charge in [0.1, 0.15) is 18.0 Å². The quantitative estimate of drug-likeness (QED) is 0.279. The highest BCUT2D eigenvalue weighted by molar-refractivity contribution is 6.00. The Balaban J connectivity index is 1.40. The SMILES string of the molecule is COc1c(-c2ccc(N3CC(C)N(C(=O)CC(F)(F)F)C(C)C3)nc2)cnc2c(-c3ccc(C)cc3)cccc12. The summed E-state index contributed by atoms with van der Waals surface area (Å²) in [5.74, 6) is 0.504. The van der Waals surface area contributed by atoms with Crippen molar-refractivity contribution in [3.05, 3.63) is 72.6 Å². The lowest BCUT2D eigenvalue weighted by molar-refractivity contribution is -0.164. The molecule has 0 spiro atoms. The highest BCUT2D eigenvalue weighted by Crippen LogP contribution is 2.39. The summed E-state index contributed by atoms with van der Waals surface area (Å²) < 4.78 is 44.3. The number of hydrogen-bond acceptors (Lipinski definition) is 5. The molecule has 1 aliphatic heterocycles. The minimum atomic E-state index is -4.52. The van der Waals surface area contributed by atoms with Crippen molar-refractivity contribution >= 4 is 22.6 Å². The summed E-state index contributed by atoms with van der Waals surface area (Å²) >= 11 is 0. The predicted octanol–water partition coefficient (Wildman–Crippen LogP) is 6.66. The molecule has 4 aromatic rings. The molecule has 6 nitrogen and oxygen atoms in total. The van der Waals surface area contributed by atoms with Crippen LogP contribution in [-0.2, 0) is 4.79 Å². The van der Waals surface area contributed by atoms with E-state index in [0.717, 1.165) is 33.2 Å². The van der Waals surface area contributed by atoms with Gasteiger partial charge in [0, 0.05) is 59.6 Å². The summed E-state index contributed by atoms with van der Waals surface area (Å²) in [6.07, 6.45) is -2.42. The minimum absolute atomic E-state index is 0.382. The number of fused-ring (bicyclic) bond motifs is 1. The number of aryl methyl sites for hydroxylation is 1. The molecule has 0 N–H and O–H groups in total. The fourth-order valence-electron chi connectivity index (χ4n) is 5.59. The van der Waals surface area contributed by atoms with Gasteiger partial charge >= 0.3 is 6.18 Å². The van der Waals surface area contributed by atoms with Crippen LogP contribution in [0.2, 0.25) is 0 Å². The third-order valence-electron chi connectivity index (χ3n) is 7.36. The Morgan fingerprint density at radius 3 is 2.20 bits per heavy atom. The molecule has 2 unspecified atom stereocenters. The van der Waals surface area contributed by atoms with E-state index in [1.165, 1.54) is 10.5 Å². The van der Waals surface area contributed by atoms with Crippen LogP contribution in [0.5, 0.6) is 5.75 Å². The van der Waals surface area contributed by atoms with Crippen LogP contribution in [0.3, 0.4) is 0 Å². The van der Waals surface area contributed by atoms with Gasteiger partial charge in [-0.3, -0.25) is 9.78 Å². The third-order valence-corrected chi connectivity index (χ3v) is 7.36. The molecule has 2 atom stereocenters. The second kappa shape index (κ2) is 10.8. The summed E-state index contributed by atoms with van der Waals surface area (Å²) in [5.41, 5.74) is 5.77. The number of rotatable bonds is 5. The van der Waals surface area contributed by atoms with E-state index < -0.39 is 18.5 Å². The zero-order valence-corrected chi connectivity index (χ0v) is 22.9. The van der Waals surface area contributed by atoms with Crippen LogP contribution < -0.4 is 9.64 Å². The number of ether oxygens (including phenoxy) is 1. The van der Waals surface area contributed by atoms with Gasteiger partial charge in [-0.2, -0.15) is 13.2 Å². The molecular formula is C31H31F3N4O2. The number of methoxy groups -OCH3 is 1. The van der Waals surface area contributed by atoms with E-state index in [1.807, 2.05) is 35.2 Å². The van der Waals surface area contributed by atoms with Crippen molar-refractivity contribution < 1.29 is 22.7 Å². The molecular weight excluding hydrogens is 517 g/mol. The van der Waals surface area contributed by atoms with Gasteiger partial charge in [-0.1, -0.05) is 42.0 Å². The highest BCUT2D eigenvalue weighted by Gasteiger charge is 2.39. The molecule has 0 radical (unpaired) electrons. The standard InChI is InChI=1S/C31H31F3N4O2/c1-19-8-10-22(11-9-19)24-6-5-7-25-29(24)36-16-26(30(25)40-4)23-12-13-27(35-15-23)37-17-20(2)38(21(3)18-37)28(39)14-31(32,33)34/h5-13,15-16,20-21H,14,17-18H2,1-4H3. The van der Waals surface area contributed by atoms with Crippen molar-refractivity contribution in [2.75, 3.05) is 25.1 Å². The van der Waals surface area contributed by atoms with Crippen molar-refractivity contribution in [1.29, 1.82) is 0 Å². The summed E-state index contributed by atoms with van der Waals surface area (Å²) in [5, 5.41) is 0.893. The van der Waals surface area contributed by atoms with Crippen molar-refractivity contribution in [3.63, 3.8) is 0 Å². The highest BCUT2D eigenvalue weighted by atomic mass is 19.4. The van der Waals surface area contributed by atoms with Crippen LogP contribution in [0, 0.1) is 6.92 Å². The van der Waals surface area contributed by atoms with E-state index in [0.29, 0.717) is 24.7 Å². The van der Waals surface area contributed by atoms with Gasteiger partial charge in [-0.25, -0.2) is 4.98 Å². The Morgan fingerprint density at radius 2 is 1.60 bits per heavy atom. The van der Waals surface area contributed by atoms with E-state index in [9.17, 15) is 18.0 Å². The second-order valence-corrected chi connectivity index (χ2v) is 10.4. The van der Waals surface area contributed by atoms with Crippen LogP contribution in [-0.4, -0.2) is 59.2 Å². The number of pyridine rings is 2. The second-order valence-electron chi connectivity index (χ2n) is 10.4. The maximum absolute atomic E-state index is 12.8. The molecule has 1 saturated heterocycles. The number of nitrogens with zero attached hydrogens (tertiary/aromatic N) is 4. The molecule has 1 amide bonds. The number of benzene rings is 2. The van der Waals surface area contributed by atoms with Gasteiger partial charge in [0.05, 0.1) is 12.6 Å². The minimum Gasteiger partial charge on any atom is -0.495 e. The molecule has 208 valence electrons. The van der Waals surface area contributed by atoms with Crippen molar-refractivity contribution in [2.45, 2.75) is 45.5 Å². The van der Waals surface area contributed by atoms with E-state index in [4.69, 9.17) is 9.72 Å². The van der Waals surface area contributed by atoms with Gasteiger partial charge in [0.2, 0.25) is 5.91 Å². The van der Waals surface area contributed by atoms with Crippen molar-refractivity contribution in [1.82, 2.24) is 14.9 Å². The van der Waals surface area contributed by atoms with Crippen LogP contribution in [0.25, 0.3) is 33.2 Å².